The van der Waals surface area contributed by atoms with Crippen LogP contribution in [0.25, 0.3) is 0 Å². The standard InChI is InChI=1S/C9H16O4.C9H14O3.CH4/c1-2-3-4-7(10)5-8(11)6-9(12)13;1-2-3-4-8-5-7(10)6-9(11)12-8;/h2-3,7-8,10-11H,4-6H2,1H3,(H,12,13);2-3,7-8,10H,4-6H2,1H3;1H4. The van der Waals surface area contributed by atoms with Crippen LogP contribution in [-0.4, -0.2) is 56.8 Å². The third-order valence-corrected chi connectivity index (χ3v) is 3.47. The average Bonchev–Trinajstić information content (AvgIpc) is 2.49. The summed E-state index contributed by atoms with van der Waals surface area (Å²) in [7, 11) is 0. The monoisotopic (exact) mass is 374 g/mol. The molecule has 0 aromatic carbocycles. The molecule has 0 spiro atoms. The number of carbonyl (C=O) groups is 2. The Balaban J connectivity index is 0. The van der Waals surface area contributed by atoms with Gasteiger partial charge in [-0.2, -0.15) is 0 Å². The van der Waals surface area contributed by atoms with E-state index in [1.54, 1.807) is 12.2 Å². The van der Waals surface area contributed by atoms with Gasteiger partial charge in [0, 0.05) is 19.3 Å². The third kappa shape index (κ3) is 14.6. The summed E-state index contributed by atoms with van der Waals surface area (Å²) in [5, 5.41) is 35.9. The second-order valence-corrected chi connectivity index (χ2v) is 5.96. The van der Waals surface area contributed by atoms with Gasteiger partial charge in [0.1, 0.15) is 6.10 Å². The maximum absolute atomic E-state index is 10.8. The molecule has 0 aromatic rings. The molecule has 0 saturated carbocycles. The third-order valence-electron chi connectivity index (χ3n) is 3.47. The van der Waals surface area contributed by atoms with Crippen molar-refractivity contribution in [2.75, 3.05) is 0 Å². The Hall–Kier alpha value is -1.70. The number of aliphatic hydroxyl groups excluding tert-OH is 3. The molecule has 0 amide bonds. The number of hydrogen-bond acceptors (Lipinski definition) is 6. The van der Waals surface area contributed by atoms with Crippen molar-refractivity contribution in [3.8, 4) is 0 Å². The fourth-order valence-corrected chi connectivity index (χ4v) is 2.28. The number of carboxylic acids is 1. The maximum Gasteiger partial charge on any atom is 0.308 e. The van der Waals surface area contributed by atoms with E-state index in [9.17, 15) is 19.8 Å². The first-order valence-electron chi connectivity index (χ1n) is 8.46. The lowest BCUT2D eigenvalue weighted by atomic mass is 10.0. The molecule has 7 heteroatoms. The minimum atomic E-state index is -1.05. The number of carboxylic acid groups (broad SMARTS) is 1. The summed E-state index contributed by atoms with van der Waals surface area (Å²) in [6, 6.07) is 0. The fourth-order valence-electron chi connectivity index (χ4n) is 2.28. The van der Waals surface area contributed by atoms with E-state index in [0.717, 1.165) is 0 Å². The van der Waals surface area contributed by atoms with E-state index in [1.165, 1.54) is 0 Å². The molecule has 0 bridgehead atoms. The van der Waals surface area contributed by atoms with Crippen LogP contribution in [0.15, 0.2) is 24.3 Å². The summed E-state index contributed by atoms with van der Waals surface area (Å²) in [4.78, 5) is 21.0. The first kappa shape index (κ1) is 26.5. The molecule has 4 N–H and O–H groups in total. The van der Waals surface area contributed by atoms with Gasteiger partial charge in [-0.15, -0.1) is 0 Å². The van der Waals surface area contributed by atoms with E-state index in [1.807, 2.05) is 26.0 Å². The molecular formula is C19H34O7. The Morgan fingerprint density at radius 1 is 1.23 bits per heavy atom. The van der Waals surface area contributed by atoms with Crippen molar-refractivity contribution >= 4 is 11.9 Å². The molecule has 0 aliphatic carbocycles. The molecule has 0 aromatic heterocycles. The van der Waals surface area contributed by atoms with Gasteiger partial charge in [-0.1, -0.05) is 31.7 Å². The van der Waals surface area contributed by atoms with E-state index < -0.39 is 24.3 Å². The number of rotatable bonds is 8. The molecule has 4 atom stereocenters. The van der Waals surface area contributed by atoms with Crippen molar-refractivity contribution < 1.29 is 34.8 Å². The average molecular weight is 374 g/mol. The molecule has 4 unspecified atom stereocenters. The number of ether oxygens (including phenoxy) is 1. The maximum atomic E-state index is 10.8. The molecule has 1 aliphatic heterocycles. The Morgan fingerprint density at radius 2 is 1.85 bits per heavy atom. The Kier molecular flexibility index (Phi) is 15.9. The fraction of sp³-hybridized carbons (Fsp3) is 0.684. The van der Waals surface area contributed by atoms with Gasteiger partial charge in [0.25, 0.3) is 0 Å². The van der Waals surface area contributed by atoms with E-state index >= 15 is 0 Å². The highest BCUT2D eigenvalue weighted by atomic mass is 16.5. The van der Waals surface area contributed by atoms with Gasteiger partial charge in [-0.25, -0.2) is 0 Å². The van der Waals surface area contributed by atoms with Crippen LogP contribution in [0.2, 0.25) is 0 Å². The molecule has 152 valence electrons. The minimum absolute atomic E-state index is 0. The van der Waals surface area contributed by atoms with Crippen molar-refractivity contribution in [1.29, 1.82) is 0 Å². The van der Waals surface area contributed by atoms with Gasteiger partial charge in [-0.05, 0) is 20.3 Å². The van der Waals surface area contributed by atoms with E-state index in [0.29, 0.717) is 19.3 Å². The molecule has 1 rings (SSSR count). The van der Waals surface area contributed by atoms with Crippen LogP contribution < -0.4 is 0 Å². The zero-order valence-electron chi connectivity index (χ0n) is 14.9. The van der Waals surface area contributed by atoms with Gasteiger partial charge < -0.3 is 25.2 Å². The van der Waals surface area contributed by atoms with Gasteiger partial charge in [0.05, 0.1) is 31.2 Å². The number of aliphatic carboxylic acids is 1. The summed E-state index contributed by atoms with van der Waals surface area (Å²) in [5.74, 6) is -1.34. The van der Waals surface area contributed by atoms with Crippen molar-refractivity contribution in [1.82, 2.24) is 0 Å². The highest BCUT2D eigenvalue weighted by molar-refractivity contribution is 5.71. The Bertz CT molecular complexity index is 445. The summed E-state index contributed by atoms with van der Waals surface area (Å²) in [6.07, 6.45) is 6.83. The van der Waals surface area contributed by atoms with Crippen LogP contribution in [0, 0.1) is 0 Å². The lowest BCUT2D eigenvalue weighted by Crippen LogP contribution is -2.32. The van der Waals surface area contributed by atoms with Crippen molar-refractivity contribution in [2.45, 2.75) is 84.2 Å². The molecule has 1 aliphatic rings. The lowest BCUT2D eigenvalue weighted by molar-refractivity contribution is -0.159. The molecule has 1 fully saturated rings. The number of hydrogen-bond donors (Lipinski definition) is 4. The molecule has 1 saturated heterocycles. The Labute approximate surface area is 156 Å². The van der Waals surface area contributed by atoms with Crippen LogP contribution in [0.1, 0.15) is 59.8 Å². The zero-order chi connectivity index (χ0) is 19.2. The first-order chi connectivity index (χ1) is 11.8. The van der Waals surface area contributed by atoms with Crippen LogP contribution in [0.4, 0.5) is 0 Å². The molecule has 7 nitrogen and oxygen atoms in total. The number of allylic oxidation sites excluding steroid dienone is 2. The first-order valence-corrected chi connectivity index (χ1v) is 8.46. The number of cyclic esters (lactones) is 1. The highest BCUT2D eigenvalue weighted by Gasteiger charge is 2.25. The van der Waals surface area contributed by atoms with Gasteiger partial charge in [-0.3, -0.25) is 9.59 Å². The SMILES string of the molecule is C.CC=CCC(O)CC(O)CC(=O)O.CC=CCC1CC(O)CC(=O)O1. The Morgan fingerprint density at radius 3 is 2.35 bits per heavy atom. The molecule has 26 heavy (non-hydrogen) atoms. The van der Waals surface area contributed by atoms with Crippen LogP contribution >= 0.6 is 0 Å². The van der Waals surface area contributed by atoms with Gasteiger partial charge >= 0.3 is 11.9 Å². The summed E-state index contributed by atoms with van der Waals surface area (Å²) in [5.41, 5.74) is 0. The summed E-state index contributed by atoms with van der Waals surface area (Å²) >= 11 is 0. The van der Waals surface area contributed by atoms with Crippen LogP contribution in [0.5, 0.6) is 0 Å². The largest absolute Gasteiger partial charge is 0.481 e. The van der Waals surface area contributed by atoms with Gasteiger partial charge in [0.15, 0.2) is 0 Å². The topological polar surface area (TPSA) is 124 Å². The number of esters is 1. The number of carbonyl (C=O) groups excluding carboxylic acids is 1. The van der Waals surface area contributed by atoms with Crippen molar-refractivity contribution in [2.24, 2.45) is 0 Å². The van der Waals surface area contributed by atoms with E-state index in [-0.39, 0.29) is 38.8 Å². The van der Waals surface area contributed by atoms with Crippen LogP contribution in [-0.2, 0) is 14.3 Å². The quantitative estimate of drug-likeness (QED) is 0.379. The zero-order valence-corrected chi connectivity index (χ0v) is 14.9. The molecule has 1 heterocycles. The smallest absolute Gasteiger partial charge is 0.308 e. The lowest BCUT2D eigenvalue weighted by Gasteiger charge is -2.24. The van der Waals surface area contributed by atoms with Crippen LogP contribution in [0.3, 0.4) is 0 Å². The summed E-state index contributed by atoms with van der Waals surface area (Å²) < 4.78 is 5.01. The second kappa shape index (κ2) is 15.5. The highest BCUT2D eigenvalue weighted by Crippen LogP contribution is 2.17. The van der Waals surface area contributed by atoms with E-state index in [2.05, 4.69) is 0 Å². The molecular weight excluding hydrogens is 340 g/mol. The van der Waals surface area contributed by atoms with E-state index in [4.69, 9.17) is 14.9 Å². The van der Waals surface area contributed by atoms with Gasteiger partial charge in [0.2, 0.25) is 0 Å². The minimum Gasteiger partial charge on any atom is -0.481 e. The predicted molar refractivity (Wildman–Crippen MR) is 99.6 cm³/mol. The number of aliphatic hydroxyl groups is 3. The van der Waals surface area contributed by atoms with Crippen molar-refractivity contribution in [3.05, 3.63) is 24.3 Å². The predicted octanol–water partition coefficient (Wildman–Crippen LogP) is 2.19. The normalized spacial score (nSPS) is 22.1. The second-order valence-electron chi connectivity index (χ2n) is 5.96. The molecule has 0 radical (unpaired) electrons. The van der Waals surface area contributed by atoms with Crippen molar-refractivity contribution in [3.63, 3.8) is 0 Å². The summed E-state index contributed by atoms with van der Waals surface area (Å²) in [6.45, 7) is 3.75.